The number of ketones is 1. The van der Waals surface area contributed by atoms with Crippen LogP contribution in [0.25, 0.3) is 22.0 Å². The molecule has 0 unspecified atom stereocenters. The van der Waals surface area contributed by atoms with Gasteiger partial charge in [0, 0.05) is 44.2 Å². The van der Waals surface area contributed by atoms with Gasteiger partial charge in [-0.2, -0.15) is 0 Å². The third-order valence-electron chi connectivity index (χ3n) is 6.96. The number of carbonyl (C=O) groups is 1. The summed E-state index contributed by atoms with van der Waals surface area (Å²) in [6.07, 6.45) is 7.90. The summed E-state index contributed by atoms with van der Waals surface area (Å²) in [6.45, 7) is 16.8. The van der Waals surface area contributed by atoms with E-state index >= 15 is 0 Å². The second kappa shape index (κ2) is 16.6. The molecule has 0 aliphatic carbocycles. The van der Waals surface area contributed by atoms with Crippen LogP contribution in [-0.4, -0.2) is 15.9 Å². The van der Waals surface area contributed by atoms with E-state index in [2.05, 4.69) is 75.1 Å². The van der Waals surface area contributed by atoms with E-state index in [-0.39, 0.29) is 43.5 Å². The Labute approximate surface area is 244 Å². The quantitative estimate of drug-likeness (QED) is 0.131. The largest absolute Gasteiger partial charge is 0.512 e. The first-order valence-electron chi connectivity index (χ1n) is 14.0. The summed E-state index contributed by atoms with van der Waals surface area (Å²) in [5.41, 5.74) is 5.91. The molecule has 0 saturated heterocycles. The van der Waals surface area contributed by atoms with Crippen molar-refractivity contribution in [1.82, 2.24) is 4.98 Å². The van der Waals surface area contributed by atoms with Gasteiger partial charge in [-0.1, -0.05) is 73.6 Å². The van der Waals surface area contributed by atoms with Gasteiger partial charge in [0.15, 0.2) is 5.78 Å². The molecule has 38 heavy (non-hydrogen) atoms. The van der Waals surface area contributed by atoms with Crippen molar-refractivity contribution >= 4 is 16.6 Å². The molecular weight excluding hydrogens is 647 g/mol. The van der Waals surface area contributed by atoms with Gasteiger partial charge in [-0.05, 0) is 66.1 Å². The van der Waals surface area contributed by atoms with Crippen molar-refractivity contribution in [1.29, 1.82) is 0 Å². The maximum atomic E-state index is 11.7. The molecule has 2 aromatic carbocycles. The van der Waals surface area contributed by atoms with Gasteiger partial charge in [-0.25, -0.2) is 0 Å². The number of hydrogen-bond acceptors (Lipinski definition) is 3. The van der Waals surface area contributed by atoms with E-state index in [0.29, 0.717) is 5.92 Å². The molecule has 1 aromatic heterocycles. The minimum absolute atomic E-state index is 0. The van der Waals surface area contributed by atoms with Crippen LogP contribution in [0.2, 0.25) is 0 Å². The number of hydrogen-bond donors (Lipinski definition) is 1. The number of pyridine rings is 1. The van der Waals surface area contributed by atoms with E-state index in [1.54, 1.807) is 0 Å². The van der Waals surface area contributed by atoms with Crippen LogP contribution >= 0.6 is 0 Å². The Kier molecular flexibility index (Phi) is 14.8. The van der Waals surface area contributed by atoms with Crippen LogP contribution in [0, 0.1) is 37.7 Å². The average Bonchev–Trinajstić information content (AvgIpc) is 2.84. The van der Waals surface area contributed by atoms with Crippen molar-refractivity contribution < 1.29 is 30.0 Å². The molecule has 3 aromatic rings. The maximum Gasteiger partial charge on any atom is 0.162 e. The number of aromatic nitrogens is 1. The Bertz CT molecular complexity index is 1170. The van der Waals surface area contributed by atoms with Crippen molar-refractivity contribution in [3.63, 3.8) is 0 Å². The second-order valence-electron chi connectivity index (χ2n) is 10.6. The summed E-state index contributed by atoms with van der Waals surface area (Å²) in [4.78, 5) is 16.4. The maximum absolute atomic E-state index is 11.7. The molecule has 0 spiro atoms. The third-order valence-corrected chi connectivity index (χ3v) is 6.96. The normalized spacial score (nSPS) is 11.5. The molecule has 0 saturated carbocycles. The van der Waals surface area contributed by atoms with Gasteiger partial charge in [0.1, 0.15) is 0 Å². The Morgan fingerprint density at radius 1 is 0.947 bits per heavy atom. The second-order valence-corrected chi connectivity index (χ2v) is 10.6. The summed E-state index contributed by atoms with van der Waals surface area (Å²) in [6, 6.07) is 16.6. The van der Waals surface area contributed by atoms with Gasteiger partial charge in [-0.3, -0.25) is 4.79 Å². The molecule has 0 atom stereocenters. The van der Waals surface area contributed by atoms with E-state index in [0.717, 1.165) is 48.9 Å². The molecule has 4 heteroatoms. The van der Waals surface area contributed by atoms with Gasteiger partial charge in [-0.15, -0.1) is 34.9 Å². The van der Waals surface area contributed by atoms with Gasteiger partial charge in [0.25, 0.3) is 0 Å². The minimum atomic E-state index is 0. The van der Waals surface area contributed by atoms with Crippen molar-refractivity contribution in [2.75, 3.05) is 0 Å². The number of allylic oxidation sites excluding steroid dienone is 2. The number of carbonyl (C=O) groups excluding carboxylic acids is 1. The fourth-order valence-corrected chi connectivity index (χ4v) is 4.83. The topological polar surface area (TPSA) is 50.2 Å². The fraction of sp³-hybridized carbons (Fsp3) is 0.471. The Morgan fingerprint density at radius 3 is 2.13 bits per heavy atom. The zero-order valence-electron chi connectivity index (χ0n) is 24.5. The Balaban J connectivity index is 0.000000401. The molecule has 209 valence electrons. The standard InChI is InChI=1S/C21H22N.C13H24O2.Ir/c1-14(2)9-17-5-6-18-7-8-22-21(20(18)13-17)19-11-15(3)10-16(4)12-19;1-5-10(6-2)12(14)9-13(15)11(7-3)8-4;/h5-8,10-11,13-14H,9H2,1-4H3;9-11,14H,5-8H2,1-4H3;/q-1;;/b;12-9-;. The van der Waals surface area contributed by atoms with Crippen LogP contribution in [0.1, 0.15) is 83.9 Å². The van der Waals surface area contributed by atoms with Crippen LogP contribution in [0.15, 0.2) is 54.4 Å². The Hall–Kier alpha value is -2.29. The molecule has 0 amide bonds. The third kappa shape index (κ3) is 9.79. The number of aliphatic hydroxyl groups is 1. The number of aryl methyl sites for hydroxylation is 2. The van der Waals surface area contributed by atoms with Gasteiger partial charge >= 0.3 is 0 Å². The SMILES string of the molecule is CCC(CC)C(=O)/C=C(\O)C(CC)CC.Cc1[c-]c(-c2nccc3ccc(CC(C)C)cc23)cc(C)c1.[Ir]. The first-order chi connectivity index (χ1) is 17.6. The van der Waals surface area contributed by atoms with Crippen molar-refractivity contribution in [2.45, 2.75) is 87.5 Å². The van der Waals surface area contributed by atoms with Gasteiger partial charge in [0.05, 0.1) is 5.76 Å². The van der Waals surface area contributed by atoms with Gasteiger partial charge < -0.3 is 10.1 Å². The van der Waals surface area contributed by atoms with Crippen LogP contribution in [0.5, 0.6) is 0 Å². The zero-order chi connectivity index (χ0) is 27.5. The smallest absolute Gasteiger partial charge is 0.162 e. The van der Waals surface area contributed by atoms with Crippen molar-refractivity contribution in [3.8, 4) is 11.3 Å². The summed E-state index contributed by atoms with van der Waals surface area (Å²) >= 11 is 0. The summed E-state index contributed by atoms with van der Waals surface area (Å²) in [7, 11) is 0. The minimum Gasteiger partial charge on any atom is -0.512 e. The summed E-state index contributed by atoms with van der Waals surface area (Å²) in [5, 5.41) is 12.2. The molecule has 1 radical (unpaired) electrons. The molecule has 1 heterocycles. The summed E-state index contributed by atoms with van der Waals surface area (Å²) in [5.74, 6) is 1.21. The van der Waals surface area contributed by atoms with Crippen LogP contribution < -0.4 is 0 Å². The van der Waals surface area contributed by atoms with Gasteiger partial charge in [0.2, 0.25) is 0 Å². The molecule has 0 fully saturated rings. The molecular formula is C34H46IrNO2-. The summed E-state index contributed by atoms with van der Waals surface area (Å²) < 4.78 is 0. The fourth-order valence-electron chi connectivity index (χ4n) is 4.83. The molecule has 0 bridgehead atoms. The molecule has 0 aliphatic heterocycles. The molecule has 3 rings (SSSR count). The van der Waals surface area contributed by atoms with E-state index in [1.165, 1.54) is 28.0 Å². The molecule has 1 N–H and O–H groups in total. The predicted molar refractivity (Wildman–Crippen MR) is 158 cm³/mol. The average molecular weight is 693 g/mol. The monoisotopic (exact) mass is 693 g/mol. The zero-order valence-corrected chi connectivity index (χ0v) is 26.9. The van der Waals surface area contributed by atoms with E-state index in [4.69, 9.17) is 0 Å². The van der Waals surface area contributed by atoms with Crippen LogP contribution in [-0.2, 0) is 31.3 Å². The first-order valence-corrected chi connectivity index (χ1v) is 14.0. The number of aliphatic hydroxyl groups excluding tert-OH is 1. The number of benzene rings is 2. The molecule has 3 nitrogen and oxygen atoms in total. The van der Waals surface area contributed by atoms with E-state index in [1.807, 2.05) is 33.9 Å². The van der Waals surface area contributed by atoms with Crippen LogP contribution in [0.3, 0.4) is 0 Å². The van der Waals surface area contributed by atoms with E-state index in [9.17, 15) is 9.90 Å². The predicted octanol–water partition coefficient (Wildman–Crippen LogP) is 9.38. The van der Waals surface area contributed by atoms with Crippen molar-refractivity contribution in [2.24, 2.45) is 17.8 Å². The number of rotatable bonds is 10. The Morgan fingerprint density at radius 2 is 1.58 bits per heavy atom. The first kappa shape index (κ1) is 33.7. The van der Waals surface area contributed by atoms with Crippen molar-refractivity contribution in [3.05, 3.63) is 77.2 Å². The number of fused-ring (bicyclic) bond motifs is 1. The van der Waals surface area contributed by atoms with E-state index < -0.39 is 0 Å². The van der Waals surface area contributed by atoms with Crippen LogP contribution in [0.4, 0.5) is 0 Å². The number of nitrogens with zero attached hydrogens (tertiary/aromatic N) is 1. The molecule has 0 aliphatic rings.